The Hall–Kier alpha value is -2.74. The molecule has 28 heavy (non-hydrogen) atoms. The van der Waals surface area contributed by atoms with Crippen LogP contribution in [0.2, 0.25) is 0 Å². The number of hydrogen-bond acceptors (Lipinski definition) is 6. The topological polar surface area (TPSA) is 89.3 Å². The second-order valence-electron chi connectivity index (χ2n) is 7.29. The van der Waals surface area contributed by atoms with Gasteiger partial charge in [0.25, 0.3) is 5.56 Å². The Kier molecular flexibility index (Phi) is 5.38. The lowest BCUT2D eigenvalue weighted by atomic mass is 10.2. The monoisotopic (exact) mass is 383 g/mol. The van der Waals surface area contributed by atoms with Crippen LogP contribution in [0.5, 0.6) is 0 Å². The van der Waals surface area contributed by atoms with Crippen LogP contribution in [0.25, 0.3) is 0 Å². The van der Waals surface area contributed by atoms with Gasteiger partial charge in [0.2, 0.25) is 5.91 Å². The Morgan fingerprint density at radius 2 is 2.07 bits per heavy atom. The van der Waals surface area contributed by atoms with E-state index in [9.17, 15) is 9.59 Å². The Morgan fingerprint density at radius 3 is 2.82 bits per heavy atom. The van der Waals surface area contributed by atoms with Crippen LogP contribution in [0.3, 0.4) is 0 Å². The number of anilines is 1. The summed E-state index contributed by atoms with van der Waals surface area (Å²) in [7, 11) is 0. The predicted octanol–water partition coefficient (Wildman–Crippen LogP) is 1.23. The van der Waals surface area contributed by atoms with Crippen LogP contribution in [-0.4, -0.2) is 47.0 Å². The Bertz CT molecular complexity index is 903. The minimum Gasteiger partial charge on any atom is -0.378 e. The van der Waals surface area contributed by atoms with Gasteiger partial charge in [0.05, 0.1) is 18.9 Å². The highest BCUT2D eigenvalue weighted by Gasteiger charge is 2.27. The minimum atomic E-state index is -0.672. The fourth-order valence-corrected chi connectivity index (χ4v) is 3.38. The molecule has 2 aromatic heterocycles. The van der Waals surface area contributed by atoms with Gasteiger partial charge in [-0.25, -0.2) is 9.67 Å². The molecule has 2 fully saturated rings. The van der Waals surface area contributed by atoms with Gasteiger partial charge in [0.15, 0.2) is 0 Å². The number of ether oxygens (including phenoxy) is 1. The fourth-order valence-electron chi connectivity index (χ4n) is 3.38. The molecule has 0 spiro atoms. The Labute approximate surface area is 163 Å². The van der Waals surface area contributed by atoms with E-state index in [1.165, 1.54) is 10.7 Å². The second-order valence-corrected chi connectivity index (χ2v) is 7.29. The first-order chi connectivity index (χ1) is 13.6. The molecule has 2 aliphatic rings. The van der Waals surface area contributed by atoms with Crippen molar-refractivity contribution in [2.45, 2.75) is 38.3 Å². The van der Waals surface area contributed by atoms with Crippen molar-refractivity contribution >= 4 is 11.7 Å². The molecule has 4 rings (SSSR count). The van der Waals surface area contributed by atoms with Crippen molar-refractivity contribution in [1.82, 2.24) is 20.1 Å². The van der Waals surface area contributed by atoms with Crippen molar-refractivity contribution in [1.29, 1.82) is 0 Å². The van der Waals surface area contributed by atoms with Gasteiger partial charge in [-0.1, -0.05) is 6.07 Å². The summed E-state index contributed by atoms with van der Waals surface area (Å²) in [6.45, 7) is 4.95. The molecule has 0 bridgehead atoms. The van der Waals surface area contributed by atoms with Crippen LogP contribution in [0.15, 0.2) is 35.3 Å². The Balaban J connectivity index is 1.45. The van der Waals surface area contributed by atoms with Crippen LogP contribution in [0.4, 0.5) is 5.82 Å². The summed E-state index contributed by atoms with van der Waals surface area (Å²) < 4.78 is 6.69. The number of amides is 1. The van der Waals surface area contributed by atoms with Gasteiger partial charge in [-0.15, -0.1) is 0 Å². The lowest BCUT2D eigenvalue weighted by Gasteiger charge is -2.29. The molecule has 148 valence electrons. The van der Waals surface area contributed by atoms with Gasteiger partial charge in [0, 0.05) is 43.4 Å². The van der Waals surface area contributed by atoms with E-state index < -0.39 is 6.04 Å². The number of carbonyl (C=O) groups is 1. The van der Waals surface area contributed by atoms with Crippen LogP contribution in [0.1, 0.15) is 43.0 Å². The zero-order valence-electron chi connectivity index (χ0n) is 16.0. The summed E-state index contributed by atoms with van der Waals surface area (Å²) >= 11 is 0. The molecule has 1 atom stereocenters. The third kappa shape index (κ3) is 4.06. The molecule has 1 saturated heterocycles. The van der Waals surface area contributed by atoms with Crippen LogP contribution in [-0.2, 0) is 16.1 Å². The molecular weight excluding hydrogens is 358 g/mol. The summed E-state index contributed by atoms with van der Waals surface area (Å²) in [6.07, 6.45) is 3.94. The quantitative estimate of drug-likeness (QED) is 0.807. The molecule has 8 nitrogen and oxygen atoms in total. The second kappa shape index (κ2) is 8.10. The van der Waals surface area contributed by atoms with E-state index in [2.05, 4.69) is 20.3 Å². The SMILES string of the molecule is CC(C(=O)NCc1cccnc1N1CCOCC1)n1nc(C2CC2)ccc1=O. The van der Waals surface area contributed by atoms with E-state index >= 15 is 0 Å². The molecular formula is C20H25N5O3. The summed E-state index contributed by atoms with van der Waals surface area (Å²) in [5, 5.41) is 7.34. The minimum absolute atomic E-state index is 0.237. The normalized spacial score (nSPS) is 18.0. The first-order valence-electron chi connectivity index (χ1n) is 9.77. The van der Waals surface area contributed by atoms with Gasteiger partial charge in [-0.05, 0) is 31.9 Å². The molecule has 3 heterocycles. The van der Waals surface area contributed by atoms with Gasteiger partial charge in [0.1, 0.15) is 11.9 Å². The highest BCUT2D eigenvalue weighted by molar-refractivity contribution is 5.79. The lowest BCUT2D eigenvalue weighted by molar-refractivity contribution is -0.124. The van der Waals surface area contributed by atoms with Crippen LogP contribution >= 0.6 is 0 Å². The summed E-state index contributed by atoms with van der Waals surface area (Å²) in [4.78, 5) is 31.5. The largest absolute Gasteiger partial charge is 0.378 e. The van der Waals surface area contributed by atoms with E-state index in [1.807, 2.05) is 12.1 Å². The van der Waals surface area contributed by atoms with Crippen molar-refractivity contribution in [2.75, 3.05) is 31.2 Å². The van der Waals surface area contributed by atoms with Crippen LogP contribution in [0, 0.1) is 0 Å². The number of aromatic nitrogens is 3. The van der Waals surface area contributed by atoms with Crippen molar-refractivity contribution in [3.63, 3.8) is 0 Å². The number of hydrogen-bond donors (Lipinski definition) is 1. The fraction of sp³-hybridized carbons (Fsp3) is 0.500. The first-order valence-corrected chi connectivity index (χ1v) is 9.77. The van der Waals surface area contributed by atoms with E-state index in [-0.39, 0.29) is 11.5 Å². The number of rotatable bonds is 6. The first kappa shape index (κ1) is 18.6. The van der Waals surface area contributed by atoms with Crippen molar-refractivity contribution in [3.05, 3.63) is 52.1 Å². The zero-order chi connectivity index (χ0) is 19.5. The standard InChI is InChI=1S/C20H25N5O3/c1-14(25-18(26)7-6-17(23-25)15-4-5-15)20(27)22-13-16-3-2-8-21-19(16)24-9-11-28-12-10-24/h2-3,6-8,14-15H,4-5,9-13H2,1H3,(H,22,27). The maximum absolute atomic E-state index is 12.7. The summed E-state index contributed by atoms with van der Waals surface area (Å²) in [5.74, 6) is 1.05. The highest BCUT2D eigenvalue weighted by atomic mass is 16.5. The lowest BCUT2D eigenvalue weighted by Crippen LogP contribution is -2.39. The van der Waals surface area contributed by atoms with Crippen molar-refractivity contribution < 1.29 is 9.53 Å². The molecule has 0 aromatic carbocycles. The molecule has 0 radical (unpaired) electrons. The molecule has 1 aliphatic heterocycles. The number of pyridine rings is 1. The molecule has 2 aromatic rings. The number of nitrogens with zero attached hydrogens (tertiary/aromatic N) is 4. The van der Waals surface area contributed by atoms with Gasteiger partial charge in [-0.3, -0.25) is 9.59 Å². The summed E-state index contributed by atoms with van der Waals surface area (Å²) in [6, 6.07) is 6.42. The number of nitrogens with one attached hydrogen (secondary N) is 1. The van der Waals surface area contributed by atoms with Crippen LogP contribution < -0.4 is 15.8 Å². The average molecular weight is 383 g/mol. The number of carbonyl (C=O) groups excluding carboxylic acids is 1. The van der Waals surface area contributed by atoms with Crippen molar-refractivity contribution in [3.8, 4) is 0 Å². The zero-order valence-corrected chi connectivity index (χ0v) is 16.0. The average Bonchev–Trinajstić information content (AvgIpc) is 3.58. The highest BCUT2D eigenvalue weighted by Crippen LogP contribution is 2.38. The molecule has 1 amide bonds. The Morgan fingerprint density at radius 1 is 1.29 bits per heavy atom. The number of morpholine rings is 1. The molecule has 1 unspecified atom stereocenters. The van der Waals surface area contributed by atoms with Gasteiger partial charge in [-0.2, -0.15) is 5.10 Å². The van der Waals surface area contributed by atoms with Gasteiger partial charge < -0.3 is 15.0 Å². The third-order valence-corrected chi connectivity index (χ3v) is 5.22. The smallest absolute Gasteiger partial charge is 0.267 e. The van der Waals surface area contributed by atoms with Crippen molar-refractivity contribution in [2.24, 2.45) is 0 Å². The molecule has 1 aliphatic carbocycles. The van der Waals surface area contributed by atoms with E-state index in [1.54, 1.807) is 19.2 Å². The third-order valence-electron chi connectivity index (χ3n) is 5.22. The summed E-state index contributed by atoms with van der Waals surface area (Å²) in [5.41, 5.74) is 1.57. The van der Waals surface area contributed by atoms with E-state index in [0.717, 1.165) is 43.0 Å². The van der Waals surface area contributed by atoms with Gasteiger partial charge >= 0.3 is 0 Å². The molecule has 8 heteroatoms. The maximum atomic E-state index is 12.7. The molecule has 1 N–H and O–H groups in total. The predicted molar refractivity (Wildman–Crippen MR) is 104 cm³/mol. The van der Waals surface area contributed by atoms with E-state index in [0.29, 0.717) is 25.7 Å². The maximum Gasteiger partial charge on any atom is 0.267 e. The van der Waals surface area contributed by atoms with E-state index in [4.69, 9.17) is 4.74 Å². The molecule has 1 saturated carbocycles.